The highest BCUT2D eigenvalue weighted by atomic mass is 16.3. The van der Waals surface area contributed by atoms with Crippen molar-refractivity contribution < 1.29 is 5.11 Å². The molecular weight excluding hydrogens is 212 g/mol. The average molecular weight is 228 g/mol. The van der Waals surface area contributed by atoms with Gasteiger partial charge in [-0.3, -0.25) is 4.98 Å². The summed E-state index contributed by atoms with van der Waals surface area (Å²) >= 11 is 0. The number of aliphatic hydroxyl groups excluding tert-OH is 1. The standard InChI is InChI=1S/C14H16N2O/c17-10-12-4-3-11-9-13(5-6-14(11)15-12)16-7-1-2-8-16/h3-6,9,17H,1-2,7-8,10H2. The van der Waals surface area contributed by atoms with Crippen LogP contribution >= 0.6 is 0 Å². The number of nitrogens with zero attached hydrogens (tertiary/aromatic N) is 2. The predicted octanol–water partition coefficient (Wildman–Crippen LogP) is 2.33. The quantitative estimate of drug-likeness (QED) is 0.857. The summed E-state index contributed by atoms with van der Waals surface area (Å²) in [6.07, 6.45) is 2.58. The summed E-state index contributed by atoms with van der Waals surface area (Å²) in [5, 5.41) is 10.2. The zero-order valence-corrected chi connectivity index (χ0v) is 9.76. The molecule has 1 saturated heterocycles. The van der Waals surface area contributed by atoms with Gasteiger partial charge in [0.05, 0.1) is 17.8 Å². The summed E-state index contributed by atoms with van der Waals surface area (Å²) in [7, 11) is 0. The Hall–Kier alpha value is -1.61. The van der Waals surface area contributed by atoms with Crippen molar-refractivity contribution in [2.75, 3.05) is 18.0 Å². The number of fused-ring (bicyclic) bond motifs is 1. The zero-order chi connectivity index (χ0) is 11.7. The van der Waals surface area contributed by atoms with Crippen molar-refractivity contribution in [3.8, 4) is 0 Å². The number of aromatic nitrogens is 1. The SMILES string of the molecule is OCc1ccc2cc(N3CCCC3)ccc2n1. The van der Waals surface area contributed by atoms with Gasteiger partial charge in [0.25, 0.3) is 0 Å². The second-order valence-corrected chi connectivity index (χ2v) is 4.53. The van der Waals surface area contributed by atoms with Gasteiger partial charge in [0.15, 0.2) is 0 Å². The highest BCUT2D eigenvalue weighted by molar-refractivity contribution is 5.82. The van der Waals surface area contributed by atoms with Crippen molar-refractivity contribution in [2.45, 2.75) is 19.4 Å². The lowest BCUT2D eigenvalue weighted by Gasteiger charge is -2.17. The predicted molar refractivity (Wildman–Crippen MR) is 69.1 cm³/mol. The van der Waals surface area contributed by atoms with E-state index in [9.17, 15) is 0 Å². The lowest BCUT2D eigenvalue weighted by Crippen LogP contribution is -2.17. The number of pyridine rings is 1. The Morgan fingerprint density at radius 2 is 1.94 bits per heavy atom. The minimum absolute atomic E-state index is 0.00379. The molecule has 1 fully saturated rings. The summed E-state index contributed by atoms with van der Waals surface area (Å²) in [6, 6.07) is 10.3. The van der Waals surface area contributed by atoms with Crippen molar-refractivity contribution in [1.82, 2.24) is 4.98 Å². The van der Waals surface area contributed by atoms with Gasteiger partial charge in [-0.25, -0.2) is 0 Å². The molecule has 3 nitrogen and oxygen atoms in total. The molecule has 0 aliphatic carbocycles. The summed E-state index contributed by atoms with van der Waals surface area (Å²) in [6.45, 7) is 2.32. The van der Waals surface area contributed by atoms with Crippen LogP contribution in [0.5, 0.6) is 0 Å². The van der Waals surface area contributed by atoms with E-state index < -0.39 is 0 Å². The van der Waals surface area contributed by atoms with Crippen molar-refractivity contribution in [3.63, 3.8) is 0 Å². The van der Waals surface area contributed by atoms with Crippen LogP contribution in [0.25, 0.3) is 10.9 Å². The number of hydrogen-bond acceptors (Lipinski definition) is 3. The largest absolute Gasteiger partial charge is 0.390 e. The Kier molecular flexibility index (Phi) is 2.69. The van der Waals surface area contributed by atoms with E-state index in [0.717, 1.165) is 29.7 Å². The van der Waals surface area contributed by atoms with E-state index >= 15 is 0 Å². The van der Waals surface area contributed by atoms with Crippen molar-refractivity contribution >= 4 is 16.6 Å². The molecule has 2 aromatic rings. The van der Waals surface area contributed by atoms with Crippen LogP contribution in [0.2, 0.25) is 0 Å². The van der Waals surface area contributed by atoms with E-state index in [1.165, 1.54) is 18.5 Å². The molecule has 1 aromatic carbocycles. The molecule has 1 aliphatic rings. The van der Waals surface area contributed by atoms with E-state index in [4.69, 9.17) is 5.11 Å². The third kappa shape index (κ3) is 1.98. The summed E-state index contributed by atoms with van der Waals surface area (Å²) in [5.74, 6) is 0. The fraction of sp³-hybridized carbons (Fsp3) is 0.357. The molecule has 0 spiro atoms. The fourth-order valence-electron chi connectivity index (χ4n) is 2.42. The topological polar surface area (TPSA) is 36.4 Å². The van der Waals surface area contributed by atoms with E-state index in [0.29, 0.717) is 0 Å². The van der Waals surface area contributed by atoms with E-state index in [1.807, 2.05) is 18.2 Å². The molecule has 1 aromatic heterocycles. The van der Waals surface area contributed by atoms with Gasteiger partial charge in [-0.1, -0.05) is 6.07 Å². The van der Waals surface area contributed by atoms with Crippen LogP contribution in [0.3, 0.4) is 0 Å². The molecule has 3 heteroatoms. The second kappa shape index (κ2) is 4.34. The minimum Gasteiger partial charge on any atom is -0.390 e. The first kappa shape index (κ1) is 10.5. The Labute approximate surface area is 101 Å². The number of hydrogen-bond donors (Lipinski definition) is 1. The smallest absolute Gasteiger partial charge is 0.0853 e. The second-order valence-electron chi connectivity index (χ2n) is 4.53. The third-order valence-corrected chi connectivity index (χ3v) is 3.36. The molecule has 0 unspecified atom stereocenters. The minimum atomic E-state index is 0.00379. The molecular formula is C14H16N2O. The Bertz CT molecular complexity index is 533. The van der Waals surface area contributed by atoms with Gasteiger partial charge in [-0.05, 0) is 37.1 Å². The highest BCUT2D eigenvalue weighted by Gasteiger charge is 2.12. The van der Waals surface area contributed by atoms with Crippen molar-refractivity contribution in [1.29, 1.82) is 0 Å². The monoisotopic (exact) mass is 228 g/mol. The Morgan fingerprint density at radius 1 is 1.12 bits per heavy atom. The molecule has 88 valence electrons. The van der Waals surface area contributed by atoms with Gasteiger partial charge in [0, 0.05) is 24.2 Å². The molecule has 0 amide bonds. The third-order valence-electron chi connectivity index (χ3n) is 3.36. The number of benzene rings is 1. The van der Waals surface area contributed by atoms with Gasteiger partial charge in [0.2, 0.25) is 0 Å². The Morgan fingerprint density at radius 3 is 2.71 bits per heavy atom. The van der Waals surface area contributed by atoms with E-state index in [-0.39, 0.29) is 6.61 Å². The maximum atomic E-state index is 9.05. The molecule has 2 heterocycles. The maximum absolute atomic E-state index is 9.05. The first-order chi connectivity index (χ1) is 8.36. The number of aliphatic hydroxyl groups is 1. The Balaban J connectivity index is 2.01. The summed E-state index contributed by atoms with van der Waals surface area (Å²) in [5.41, 5.74) is 2.97. The summed E-state index contributed by atoms with van der Waals surface area (Å²) in [4.78, 5) is 6.81. The average Bonchev–Trinajstić information content (AvgIpc) is 2.91. The van der Waals surface area contributed by atoms with Gasteiger partial charge in [-0.2, -0.15) is 0 Å². The fourth-order valence-corrected chi connectivity index (χ4v) is 2.42. The molecule has 0 saturated carbocycles. The highest BCUT2D eigenvalue weighted by Crippen LogP contribution is 2.24. The lowest BCUT2D eigenvalue weighted by atomic mass is 10.1. The number of rotatable bonds is 2. The van der Waals surface area contributed by atoms with Gasteiger partial charge >= 0.3 is 0 Å². The molecule has 17 heavy (non-hydrogen) atoms. The van der Waals surface area contributed by atoms with E-state index in [1.54, 1.807) is 0 Å². The molecule has 0 bridgehead atoms. The number of anilines is 1. The normalized spacial score (nSPS) is 15.7. The van der Waals surface area contributed by atoms with Crippen LogP contribution < -0.4 is 4.90 Å². The van der Waals surface area contributed by atoms with Crippen molar-refractivity contribution in [2.24, 2.45) is 0 Å². The van der Waals surface area contributed by atoms with Crippen molar-refractivity contribution in [3.05, 3.63) is 36.0 Å². The summed E-state index contributed by atoms with van der Waals surface area (Å²) < 4.78 is 0. The van der Waals surface area contributed by atoms with Gasteiger partial charge in [-0.15, -0.1) is 0 Å². The first-order valence-corrected chi connectivity index (χ1v) is 6.12. The van der Waals surface area contributed by atoms with Gasteiger partial charge < -0.3 is 10.0 Å². The zero-order valence-electron chi connectivity index (χ0n) is 9.76. The van der Waals surface area contributed by atoms with Crippen LogP contribution in [-0.2, 0) is 6.61 Å². The van der Waals surface area contributed by atoms with Crippen LogP contribution in [0, 0.1) is 0 Å². The molecule has 1 aliphatic heterocycles. The molecule has 0 radical (unpaired) electrons. The van der Waals surface area contributed by atoms with Gasteiger partial charge in [0.1, 0.15) is 0 Å². The first-order valence-electron chi connectivity index (χ1n) is 6.12. The van der Waals surface area contributed by atoms with Crippen LogP contribution in [0.4, 0.5) is 5.69 Å². The lowest BCUT2D eigenvalue weighted by molar-refractivity contribution is 0.277. The van der Waals surface area contributed by atoms with Crippen LogP contribution in [0.1, 0.15) is 18.5 Å². The molecule has 0 atom stereocenters. The molecule has 1 N–H and O–H groups in total. The maximum Gasteiger partial charge on any atom is 0.0853 e. The van der Waals surface area contributed by atoms with Crippen LogP contribution in [-0.4, -0.2) is 23.2 Å². The molecule has 3 rings (SSSR count). The van der Waals surface area contributed by atoms with E-state index in [2.05, 4.69) is 22.0 Å². The van der Waals surface area contributed by atoms with Crippen LogP contribution in [0.15, 0.2) is 30.3 Å².